The zero-order chi connectivity index (χ0) is 17.1. The van der Waals surface area contributed by atoms with Gasteiger partial charge in [-0.2, -0.15) is 0 Å². The Labute approximate surface area is 138 Å². The third kappa shape index (κ3) is 3.64. The fourth-order valence-electron chi connectivity index (χ4n) is 2.75. The molecule has 1 amide bonds. The van der Waals surface area contributed by atoms with Crippen LogP contribution in [0, 0.1) is 13.8 Å². The predicted octanol–water partition coefficient (Wildman–Crippen LogP) is 3.33. The highest BCUT2D eigenvalue weighted by Gasteiger charge is 2.18. The Morgan fingerprint density at radius 3 is 2.30 bits per heavy atom. The zero-order valence-corrected chi connectivity index (χ0v) is 14.6. The first-order valence-corrected chi connectivity index (χ1v) is 8.06. The fraction of sp³-hybridized carbons (Fsp3) is 0.421. The Morgan fingerprint density at radius 2 is 1.78 bits per heavy atom. The lowest BCUT2D eigenvalue weighted by Crippen LogP contribution is -2.35. The van der Waals surface area contributed by atoms with Crippen LogP contribution in [-0.4, -0.2) is 28.2 Å². The van der Waals surface area contributed by atoms with Gasteiger partial charge in [0.25, 0.3) is 5.91 Å². The zero-order valence-electron chi connectivity index (χ0n) is 14.6. The van der Waals surface area contributed by atoms with Crippen LogP contribution in [0.15, 0.2) is 30.3 Å². The lowest BCUT2D eigenvalue weighted by Gasteiger charge is -2.13. The summed E-state index contributed by atoms with van der Waals surface area (Å²) in [5.74, 6) is 0.349. The van der Waals surface area contributed by atoms with Gasteiger partial charge >= 0.3 is 0 Å². The summed E-state index contributed by atoms with van der Waals surface area (Å²) in [6.45, 7) is 10.00. The van der Waals surface area contributed by atoms with Crippen LogP contribution in [-0.2, 0) is 0 Å². The van der Waals surface area contributed by atoms with Crippen molar-refractivity contribution in [1.82, 2.24) is 9.88 Å². The summed E-state index contributed by atoms with van der Waals surface area (Å²) < 4.78 is 2.09. The lowest BCUT2D eigenvalue weighted by molar-refractivity contribution is 0.0921. The van der Waals surface area contributed by atoms with Gasteiger partial charge in [-0.3, -0.25) is 4.79 Å². The van der Waals surface area contributed by atoms with Crippen LogP contribution in [0.25, 0.3) is 5.69 Å². The SMILES string of the molecule is Cc1cc(C(=O)N[C@H](C)CO)c(C)n1-c1ccc(C(C)C)cc1. The van der Waals surface area contributed by atoms with Gasteiger partial charge in [0.05, 0.1) is 12.2 Å². The van der Waals surface area contributed by atoms with Crippen molar-refractivity contribution in [3.8, 4) is 5.69 Å². The maximum absolute atomic E-state index is 12.3. The van der Waals surface area contributed by atoms with E-state index in [2.05, 4.69) is 48.0 Å². The summed E-state index contributed by atoms with van der Waals surface area (Å²) in [7, 11) is 0. The van der Waals surface area contributed by atoms with E-state index in [9.17, 15) is 4.79 Å². The average Bonchev–Trinajstić information content (AvgIpc) is 2.82. The number of nitrogens with one attached hydrogen (secondary N) is 1. The minimum atomic E-state index is -0.254. The standard InChI is InChI=1S/C19H26N2O2/c1-12(2)16-6-8-17(9-7-16)21-14(4)10-18(15(21)5)19(23)20-13(3)11-22/h6-10,12-13,22H,11H2,1-5H3,(H,20,23)/t13-/m1/s1. The van der Waals surface area contributed by atoms with Crippen LogP contribution in [0.1, 0.15) is 54.0 Å². The highest BCUT2D eigenvalue weighted by atomic mass is 16.3. The number of nitrogens with zero attached hydrogens (tertiary/aromatic N) is 1. The van der Waals surface area contributed by atoms with Crippen molar-refractivity contribution in [2.45, 2.75) is 46.6 Å². The topological polar surface area (TPSA) is 54.3 Å². The van der Waals surface area contributed by atoms with Gasteiger partial charge in [-0.05, 0) is 50.5 Å². The van der Waals surface area contributed by atoms with Crippen molar-refractivity contribution in [2.24, 2.45) is 0 Å². The van der Waals surface area contributed by atoms with Crippen molar-refractivity contribution in [1.29, 1.82) is 0 Å². The number of aryl methyl sites for hydroxylation is 1. The second-order valence-corrected chi connectivity index (χ2v) is 6.42. The van der Waals surface area contributed by atoms with E-state index >= 15 is 0 Å². The molecule has 23 heavy (non-hydrogen) atoms. The molecule has 4 heteroatoms. The number of amides is 1. The fourth-order valence-corrected chi connectivity index (χ4v) is 2.75. The van der Waals surface area contributed by atoms with Gasteiger partial charge in [-0.15, -0.1) is 0 Å². The van der Waals surface area contributed by atoms with E-state index in [0.29, 0.717) is 11.5 Å². The minimum Gasteiger partial charge on any atom is -0.394 e. The molecule has 2 N–H and O–H groups in total. The van der Waals surface area contributed by atoms with E-state index in [-0.39, 0.29) is 18.6 Å². The summed E-state index contributed by atoms with van der Waals surface area (Å²) in [6, 6.07) is 10.1. The molecule has 1 heterocycles. The quantitative estimate of drug-likeness (QED) is 0.889. The van der Waals surface area contributed by atoms with Gasteiger partial charge in [0.2, 0.25) is 0 Å². The highest BCUT2D eigenvalue weighted by Crippen LogP contribution is 2.23. The van der Waals surface area contributed by atoms with Crippen LogP contribution in [0.3, 0.4) is 0 Å². The number of aliphatic hydroxyl groups excluding tert-OH is 1. The average molecular weight is 314 g/mol. The second kappa shape index (κ2) is 7.01. The molecular weight excluding hydrogens is 288 g/mol. The monoisotopic (exact) mass is 314 g/mol. The van der Waals surface area contributed by atoms with Gasteiger partial charge in [0, 0.05) is 23.1 Å². The van der Waals surface area contributed by atoms with Crippen molar-refractivity contribution < 1.29 is 9.90 Å². The molecule has 0 bridgehead atoms. The first-order valence-electron chi connectivity index (χ1n) is 8.06. The summed E-state index contributed by atoms with van der Waals surface area (Å²) in [5.41, 5.74) is 4.92. The Balaban J connectivity index is 2.35. The van der Waals surface area contributed by atoms with Crippen molar-refractivity contribution in [3.05, 3.63) is 52.8 Å². The molecule has 0 aliphatic carbocycles. The Bertz CT molecular complexity index is 684. The number of hydrogen-bond donors (Lipinski definition) is 2. The molecule has 2 rings (SSSR count). The number of carbonyl (C=O) groups is 1. The molecule has 2 aromatic rings. The van der Waals surface area contributed by atoms with E-state index in [1.807, 2.05) is 19.9 Å². The van der Waals surface area contributed by atoms with Gasteiger partial charge < -0.3 is 15.0 Å². The largest absolute Gasteiger partial charge is 0.394 e. The maximum atomic E-state index is 12.3. The summed E-state index contributed by atoms with van der Waals surface area (Å²) in [5, 5.41) is 11.9. The molecule has 0 saturated heterocycles. The molecule has 1 aromatic carbocycles. The minimum absolute atomic E-state index is 0.0683. The first kappa shape index (κ1) is 17.3. The number of carbonyl (C=O) groups excluding carboxylic acids is 1. The number of benzene rings is 1. The van der Waals surface area contributed by atoms with Crippen LogP contribution in [0.4, 0.5) is 0 Å². The molecule has 0 unspecified atom stereocenters. The molecule has 1 aromatic heterocycles. The van der Waals surface area contributed by atoms with E-state index in [1.54, 1.807) is 6.92 Å². The Kier molecular flexibility index (Phi) is 5.26. The van der Waals surface area contributed by atoms with Crippen LogP contribution < -0.4 is 5.32 Å². The Hall–Kier alpha value is -2.07. The van der Waals surface area contributed by atoms with Crippen LogP contribution in [0.2, 0.25) is 0 Å². The number of aliphatic hydroxyl groups is 1. The van der Waals surface area contributed by atoms with Crippen LogP contribution >= 0.6 is 0 Å². The molecule has 4 nitrogen and oxygen atoms in total. The van der Waals surface area contributed by atoms with Gasteiger partial charge in [-0.1, -0.05) is 26.0 Å². The third-order valence-corrected chi connectivity index (χ3v) is 4.15. The summed E-state index contributed by atoms with van der Waals surface area (Å²) in [4.78, 5) is 12.3. The normalized spacial score (nSPS) is 12.5. The van der Waals surface area contributed by atoms with E-state index in [4.69, 9.17) is 5.11 Å². The molecule has 124 valence electrons. The molecule has 0 fully saturated rings. The van der Waals surface area contributed by atoms with E-state index in [0.717, 1.165) is 17.1 Å². The molecule has 0 radical (unpaired) electrons. The Morgan fingerprint density at radius 1 is 1.17 bits per heavy atom. The van der Waals surface area contributed by atoms with E-state index in [1.165, 1.54) is 5.56 Å². The first-order chi connectivity index (χ1) is 10.8. The lowest BCUT2D eigenvalue weighted by atomic mass is 10.0. The van der Waals surface area contributed by atoms with Crippen molar-refractivity contribution in [3.63, 3.8) is 0 Å². The summed E-state index contributed by atoms with van der Waals surface area (Å²) in [6.07, 6.45) is 0. The third-order valence-electron chi connectivity index (χ3n) is 4.15. The highest BCUT2D eigenvalue weighted by molar-refractivity contribution is 5.96. The predicted molar refractivity (Wildman–Crippen MR) is 93.3 cm³/mol. The van der Waals surface area contributed by atoms with Gasteiger partial charge in [-0.25, -0.2) is 0 Å². The van der Waals surface area contributed by atoms with Crippen LogP contribution in [0.5, 0.6) is 0 Å². The summed E-state index contributed by atoms with van der Waals surface area (Å²) >= 11 is 0. The molecule has 0 aliphatic heterocycles. The molecule has 0 spiro atoms. The van der Waals surface area contributed by atoms with Crippen molar-refractivity contribution >= 4 is 5.91 Å². The second-order valence-electron chi connectivity index (χ2n) is 6.42. The smallest absolute Gasteiger partial charge is 0.253 e. The van der Waals surface area contributed by atoms with Gasteiger partial charge in [0.15, 0.2) is 0 Å². The number of aromatic nitrogens is 1. The maximum Gasteiger partial charge on any atom is 0.253 e. The molecule has 0 saturated carbocycles. The number of hydrogen-bond acceptors (Lipinski definition) is 2. The van der Waals surface area contributed by atoms with Gasteiger partial charge in [0.1, 0.15) is 0 Å². The molecule has 1 atom stereocenters. The van der Waals surface area contributed by atoms with E-state index < -0.39 is 0 Å². The number of rotatable bonds is 5. The molecule has 0 aliphatic rings. The van der Waals surface area contributed by atoms with Crippen molar-refractivity contribution in [2.75, 3.05) is 6.61 Å². The molecular formula is C19H26N2O2.